The van der Waals surface area contributed by atoms with Crippen molar-refractivity contribution in [2.75, 3.05) is 18.4 Å². The lowest BCUT2D eigenvalue weighted by molar-refractivity contribution is 0.0682. The third kappa shape index (κ3) is 4.19. The average Bonchev–Trinajstić information content (AvgIpc) is 2.64. The van der Waals surface area contributed by atoms with Crippen molar-refractivity contribution >= 4 is 40.7 Å². The molecule has 0 aromatic heterocycles. The first-order valence-corrected chi connectivity index (χ1v) is 9.36. The van der Waals surface area contributed by atoms with Crippen LogP contribution in [0, 0.1) is 5.92 Å². The number of benzene rings is 2. The molecule has 26 heavy (non-hydrogen) atoms. The second-order valence-corrected chi connectivity index (χ2v) is 7.44. The van der Waals surface area contributed by atoms with Crippen LogP contribution in [-0.4, -0.2) is 29.8 Å². The van der Waals surface area contributed by atoms with E-state index >= 15 is 0 Å². The summed E-state index contributed by atoms with van der Waals surface area (Å²) in [6, 6.07) is 11.7. The Balaban J connectivity index is 1.71. The Morgan fingerprint density at radius 3 is 2.27 bits per heavy atom. The number of nitrogens with one attached hydrogen (secondary N) is 1. The van der Waals surface area contributed by atoms with Crippen LogP contribution < -0.4 is 5.32 Å². The number of rotatable bonds is 3. The number of hydrogen-bond acceptors (Lipinski definition) is 2. The standard InChI is InChI=1S/C20H20Cl2N2O2/c1-13-4-3-11-24(12-13)20(26)15-9-7-14(8-10-15)19(25)23-18-16(21)5-2-6-17(18)22/h2,5-10,13H,3-4,11-12H2,1H3,(H,23,25). The molecule has 1 unspecified atom stereocenters. The van der Waals surface area contributed by atoms with Crippen molar-refractivity contribution in [1.29, 1.82) is 0 Å². The highest BCUT2D eigenvalue weighted by Gasteiger charge is 2.22. The predicted molar refractivity (Wildman–Crippen MR) is 105 cm³/mol. The van der Waals surface area contributed by atoms with Crippen molar-refractivity contribution in [2.45, 2.75) is 19.8 Å². The molecular formula is C20H20Cl2N2O2. The lowest BCUT2D eigenvalue weighted by Crippen LogP contribution is -2.39. The van der Waals surface area contributed by atoms with E-state index in [1.165, 1.54) is 0 Å². The molecule has 1 heterocycles. The van der Waals surface area contributed by atoms with Crippen LogP contribution in [0.2, 0.25) is 10.0 Å². The summed E-state index contributed by atoms with van der Waals surface area (Å²) in [6.07, 6.45) is 2.19. The summed E-state index contributed by atoms with van der Waals surface area (Å²) < 4.78 is 0. The zero-order valence-corrected chi connectivity index (χ0v) is 16.0. The maximum atomic E-state index is 12.6. The first-order valence-electron chi connectivity index (χ1n) is 8.60. The molecule has 1 atom stereocenters. The minimum atomic E-state index is -0.328. The molecule has 3 rings (SSSR count). The zero-order chi connectivity index (χ0) is 18.7. The number of halogens is 2. The number of anilines is 1. The number of carbonyl (C=O) groups is 2. The number of amides is 2. The molecule has 1 fully saturated rings. The van der Waals surface area contributed by atoms with E-state index in [0.717, 1.165) is 25.9 Å². The highest BCUT2D eigenvalue weighted by atomic mass is 35.5. The van der Waals surface area contributed by atoms with E-state index in [1.807, 2.05) is 4.90 Å². The number of piperidine rings is 1. The fourth-order valence-electron chi connectivity index (χ4n) is 3.12. The summed E-state index contributed by atoms with van der Waals surface area (Å²) >= 11 is 12.2. The maximum Gasteiger partial charge on any atom is 0.255 e. The Hall–Kier alpha value is -2.04. The van der Waals surface area contributed by atoms with Gasteiger partial charge in [0, 0.05) is 24.2 Å². The third-order valence-electron chi connectivity index (χ3n) is 4.54. The van der Waals surface area contributed by atoms with E-state index in [1.54, 1.807) is 42.5 Å². The van der Waals surface area contributed by atoms with Crippen LogP contribution >= 0.6 is 23.2 Å². The molecule has 2 aromatic carbocycles. The van der Waals surface area contributed by atoms with Crippen LogP contribution in [0.15, 0.2) is 42.5 Å². The fourth-order valence-corrected chi connectivity index (χ4v) is 3.62. The first-order chi connectivity index (χ1) is 12.5. The molecule has 0 spiro atoms. The highest BCUT2D eigenvalue weighted by Crippen LogP contribution is 2.30. The van der Waals surface area contributed by atoms with Crippen LogP contribution in [-0.2, 0) is 0 Å². The van der Waals surface area contributed by atoms with Crippen LogP contribution in [0.5, 0.6) is 0 Å². The molecule has 1 N–H and O–H groups in total. The average molecular weight is 391 g/mol. The summed E-state index contributed by atoms with van der Waals surface area (Å²) in [7, 11) is 0. The second-order valence-electron chi connectivity index (χ2n) is 6.63. The van der Waals surface area contributed by atoms with Gasteiger partial charge in [-0.2, -0.15) is 0 Å². The SMILES string of the molecule is CC1CCCN(C(=O)c2ccc(C(=O)Nc3c(Cl)cccc3Cl)cc2)C1. The summed E-state index contributed by atoms with van der Waals surface area (Å²) in [6.45, 7) is 3.73. The first kappa shape index (κ1) is 18.7. The Bertz CT molecular complexity index is 801. The molecule has 6 heteroatoms. The van der Waals surface area contributed by atoms with Gasteiger partial charge in [-0.15, -0.1) is 0 Å². The van der Waals surface area contributed by atoms with Gasteiger partial charge < -0.3 is 10.2 Å². The van der Waals surface area contributed by atoms with Gasteiger partial charge in [0.15, 0.2) is 0 Å². The van der Waals surface area contributed by atoms with E-state index in [0.29, 0.717) is 32.8 Å². The van der Waals surface area contributed by atoms with Crippen LogP contribution in [0.4, 0.5) is 5.69 Å². The lowest BCUT2D eigenvalue weighted by atomic mass is 9.99. The van der Waals surface area contributed by atoms with Gasteiger partial charge in [-0.25, -0.2) is 0 Å². The number of hydrogen-bond donors (Lipinski definition) is 1. The highest BCUT2D eigenvalue weighted by molar-refractivity contribution is 6.40. The van der Waals surface area contributed by atoms with E-state index in [9.17, 15) is 9.59 Å². The molecule has 2 aromatic rings. The van der Waals surface area contributed by atoms with Crippen LogP contribution in [0.1, 0.15) is 40.5 Å². The van der Waals surface area contributed by atoms with Crippen molar-refractivity contribution in [1.82, 2.24) is 4.90 Å². The van der Waals surface area contributed by atoms with Crippen LogP contribution in [0.3, 0.4) is 0 Å². The predicted octanol–water partition coefficient (Wildman–Crippen LogP) is 5.12. The number of nitrogens with zero attached hydrogens (tertiary/aromatic N) is 1. The fraction of sp³-hybridized carbons (Fsp3) is 0.300. The summed E-state index contributed by atoms with van der Waals surface area (Å²) in [5.74, 6) is 0.210. The smallest absolute Gasteiger partial charge is 0.255 e. The van der Waals surface area contributed by atoms with Gasteiger partial charge in [-0.3, -0.25) is 9.59 Å². The largest absolute Gasteiger partial charge is 0.338 e. The van der Waals surface area contributed by atoms with Gasteiger partial charge in [-0.1, -0.05) is 36.2 Å². The summed E-state index contributed by atoms with van der Waals surface area (Å²) in [5, 5.41) is 3.46. The molecule has 0 bridgehead atoms. The molecule has 0 radical (unpaired) electrons. The molecule has 2 amide bonds. The molecule has 0 saturated carbocycles. The van der Waals surface area contributed by atoms with E-state index in [2.05, 4.69) is 12.2 Å². The number of carbonyl (C=O) groups excluding carboxylic acids is 2. The van der Waals surface area contributed by atoms with Crippen molar-refractivity contribution in [3.05, 3.63) is 63.6 Å². The maximum absolute atomic E-state index is 12.6. The number of para-hydroxylation sites is 1. The van der Waals surface area contributed by atoms with Gasteiger partial charge in [0.05, 0.1) is 15.7 Å². The van der Waals surface area contributed by atoms with Crippen molar-refractivity contribution in [3.63, 3.8) is 0 Å². The molecule has 136 valence electrons. The Morgan fingerprint density at radius 1 is 1.04 bits per heavy atom. The van der Waals surface area contributed by atoms with Gasteiger partial charge in [0.1, 0.15) is 0 Å². The number of likely N-dealkylation sites (tertiary alicyclic amines) is 1. The lowest BCUT2D eigenvalue weighted by Gasteiger charge is -2.31. The van der Waals surface area contributed by atoms with E-state index in [-0.39, 0.29) is 11.8 Å². The van der Waals surface area contributed by atoms with Gasteiger partial charge in [-0.05, 0) is 55.2 Å². The van der Waals surface area contributed by atoms with Crippen LogP contribution in [0.25, 0.3) is 0 Å². The molecule has 1 saturated heterocycles. The molecule has 1 aliphatic heterocycles. The molecule has 0 aliphatic carbocycles. The van der Waals surface area contributed by atoms with Crippen molar-refractivity contribution < 1.29 is 9.59 Å². The van der Waals surface area contributed by atoms with Gasteiger partial charge >= 0.3 is 0 Å². The van der Waals surface area contributed by atoms with Crippen molar-refractivity contribution in [2.24, 2.45) is 5.92 Å². The van der Waals surface area contributed by atoms with Gasteiger partial charge in [0.2, 0.25) is 0 Å². The topological polar surface area (TPSA) is 49.4 Å². The second kappa shape index (κ2) is 8.11. The molecule has 4 nitrogen and oxygen atoms in total. The molecule has 1 aliphatic rings. The van der Waals surface area contributed by atoms with Crippen molar-refractivity contribution in [3.8, 4) is 0 Å². The van der Waals surface area contributed by atoms with E-state index in [4.69, 9.17) is 23.2 Å². The van der Waals surface area contributed by atoms with Gasteiger partial charge in [0.25, 0.3) is 11.8 Å². The summed E-state index contributed by atoms with van der Waals surface area (Å²) in [4.78, 5) is 26.9. The molecular weight excluding hydrogens is 371 g/mol. The third-order valence-corrected chi connectivity index (χ3v) is 5.17. The van der Waals surface area contributed by atoms with E-state index < -0.39 is 0 Å². The Labute approximate surface area is 163 Å². The Kier molecular flexibility index (Phi) is 5.84. The normalized spacial score (nSPS) is 17.0. The minimum Gasteiger partial charge on any atom is -0.338 e. The quantitative estimate of drug-likeness (QED) is 0.790. The monoisotopic (exact) mass is 390 g/mol. The summed E-state index contributed by atoms with van der Waals surface area (Å²) in [5.41, 5.74) is 1.40. The zero-order valence-electron chi connectivity index (χ0n) is 14.5. The Morgan fingerprint density at radius 2 is 1.65 bits per heavy atom. The minimum absolute atomic E-state index is 0.0117.